The third kappa shape index (κ3) is 4.04. The molecule has 0 radical (unpaired) electrons. The molecule has 0 aliphatic carbocycles. The Balaban J connectivity index is 2.54. The van der Waals surface area contributed by atoms with E-state index in [9.17, 15) is 5.11 Å². The Hall–Kier alpha value is -1.02. The average Bonchev–Trinajstić information content (AvgIpc) is 2.22. The van der Waals surface area contributed by atoms with Crippen LogP contribution in [0, 0.1) is 18.3 Å². The van der Waals surface area contributed by atoms with Crippen LogP contribution < -0.4 is 5.32 Å². The van der Waals surface area contributed by atoms with Gasteiger partial charge in [0.25, 0.3) is 0 Å². The molecule has 0 heterocycles. The quantitative estimate of drug-likeness (QED) is 0.819. The fourth-order valence-corrected chi connectivity index (χ4v) is 1.58. The summed E-state index contributed by atoms with van der Waals surface area (Å²) < 4.78 is 0. The number of rotatable bonds is 5. The van der Waals surface area contributed by atoms with Crippen LogP contribution in [0.5, 0.6) is 5.75 Å². The van der Waals surface area contributed by atoms with E-state index in [2.05, 4.69) is 33.0 Å². The third-order valence-electron chi connectivity index (χ3n) is 3.69. The predicted molar refractivity (Wildman–Crippen MR) is 73.2 cm³/mol. The molecule has 0 saturated heterocycles. The SMILES string of the molecule is Cc1ccc(O)c(CNCC(C)(C)C(C)C)c1. The summed E-state index contributed by atoms with van der Waals surface area (Å²) in [7, 11) is 0. The van der Waals surface area contributed by atoms with E-state index in [4.69, 9.17) is 0 Å². The molecule has 0 fully saturated rings. The van der Waals surface area contributed by atoms with Gasteiger partial charge in [0.15, 0.2) is 0 Å². The Labute approximate surface area is 105 Å². The highest BCUT2D eigenvalue weighted by Crippen LogP contribution is 2.25. The maximum absolute atomic E-state index is 9.73. The number of aryl methyl sites for hydroxylation is 1. The van der Waals surface area contributed by atoms with Crippen LogP contribution in [0.2, 0.25) is 0 Å². The molecule has 2 nitrogen and oxygen atoms in total. The lowest BCUT2D eigenvalue weighted by Gasteiger charge is -2.29. The van der Waals surface area contributed by atoms with E-state index in [0.29, 0.717) is 11.7 Å². The van der Waals surface area contributed by atoms with Crippen molar-refractivity contribution in [1.82, 2.24) is 5.32 Å². The van der Waals surface area contributed by atoms with Gasteiger partial charge in [0, 0.05) is 18.7 Å². The van der Waals surface area contributed by atoms with E-state index in [1.165, 1.54) is 5.56 Å². The summed E-state index contributed by atoms with van der Waals surface area (Å²) in [4.78, 5) is 0. The maximum atomic E-state index is 9.73. The number of benzene rings is 1. The first-order valence-corrected chi connectivity index (χ1v) is 6.32. The molecule has 2 heteroatoms. The molecule has 17 heavy (non-hydrogen) atoms. The molecule has 0 aromatic heterocycles. The molecular formula is C15H25NO. The average molecular weight is 235 g/mol. The van der Waals surface area contributed by atoms with Crippen LogP contribution in [0.25, 0.3) is 0 Å². The molecule has 0 spiro atoms. The highest BCUT2D eigenvalue weighted by atomic mass is 16.3. The van der Waals surface area contributed by atoms with E-state index in [-0.39, 0.29) is 5.41 Å². The number of hydrogen-bond acceptors (Lipinski definition) is 2. The van der Waals surface area contributed by atoms with Crippen molar-refractivity contribution >= 4 is 0 Å². The second-order valence-electron chi connectivity index (χ2n) is 5.88. The van der Waals surface area contributed by atoms with Crippen molar-refractivity contribution in [1.29, 1.82) is 0 Å². The van der Waals surface area contributed by atoms with Crippen LogP contribution in [-0.2, 0) is 6.54 Å². The van der Waals surface area contributed by atoms with Gasteiger partial charge in [-0.05, 0) is 24.3 Å². The molecule has 1 aromatic rings. The van der Waals surface area contributed by atoms with Gasteiger partial charge in [0.2, 0.25) is 0 Å². The van der Waals surface area contributed by atoms with Gasteiger partial charge in [0.05, 0.1) is 0 Å². The van der Waals surface area contributed by atoms with Gasteiger partial charge in [-0.3, -0.25) is 0 Å². The lowest BCUT2D eigenvalue weighted by molar-refractivity contribution is 0.237. The Morgan fingerprint density at radius 2 is 1.94 bits per heavy atom. The van der Waals surface area contributed by atoms with Crippen molar-refractivity contribution in [2.45, 2.75) is 41.2 Å². The maximum Gasteiger partial charge on any atom is 0.120 e. The zero-order chi connectivity index (χ0) is 13.1. The Morgan fingerprint density at radius 3 is 2.53 bits per heavy atom. The highest BCUT2D eigenvalue weighted by Gasteiger charge is 2.21. The minimum absolute atomic E-state index is 0.277. The number of phenolic OH excluding ortho intramolecular Hbond substituents is 1. The first-order chi connectivity index (χ1) is 7.83. The van der Waals surface area contributed by atoms with Crippen molar-refractivity contribution < 1.29 is 5.11 Å². The van der Waals surface area contributed by atoms with Crippen molar-refractivity contribution in [3.05, 3.63) is 29.3 Å². The zero-order valence-corrected chi connectivity index (χ0v) is 11.7. The first kappa shape index (κ1) is 14.0. The smallest absolute Gasteiger partial charge is 0.120 e. The van der Waals surface area contributed by atoms with E-state index in [0.717, 1.165) is 18.7 Å². The molecule has 1 rings (SSSR count). The third-order valence-corrected chi connectivity index (χ3v) is 3.69. The summed E-state index contributed by atoms with van der Waals surface area (Å²) in [6.07, 6.45) is 0. The molecule has 1 aromatic carbocycles. The molecule has 0 aliphatic rings. The second-order valence-corrected chi connectivity index (χ2v) is 5.88. The van der Waals surface area contributed by atoms with Gasteiger partial charge < -0.3 is 10.4 Å². The van der Waals surface area contributed by atoms with Gasteiger partial charge in [-0.1, -0.05) is 45.4 Å². The fourth-order valence-electron chi connectivity index (χ4n) is 1.58. The lowest BCUT2D eigenvalue weighted by Crippen LogP contribution is -2.33. The van der Waals surface area contributed by atoms with E-state index >= 15 is 0 Å². The Kier molecular flexibility index (Phi) is 4.58. The summed E-state index contributed by atoms with van der Waals surface area (Å²) >= 11 is 0. The summed E-state index contributed by atoms with van der Waals surface area (Å²) in [5.41, 5.74) is 2.44. The van der Waals surface area contributed by atoms with Gasteiger partial charge in [-0.2, -0.15) is 0 Å². The lowest BCUT2D eigenvalue weighted by atomic mass is 9.81. The minimum atomic E-state index is 0.277. The highest BCUT2D eigenvalue weighted by molar-refractivity contribution is 5.35. The van der Waals surface area contributed by atoms with Crippen molar-refractivity contribution in [2.75, 3.05) is 6.54 Å². The molecule has 2 N–H and O–H groups in total. The summed E-state index contributed by atoms with van der Waals surface area (Å²) in [6.45, 7) is 12.7. The zero-order valence-electron chi connectivity index (χ0n) is 11.7. The Bertz CT molecular complexity index is 369. The van der Waals surface area contributed by atoms with Crippen LogP contribution in [0.4, 0.5) is 0 Å². The normalized spacial score (nSPS) is 12.1. The van der Waals surface area contributed by atoms with Crippen LogP contribution in [0.3, 0.4) is 0 Å². The number of aromatic hydroxyl groups is 1. The standard InChI is InChI=1S/C15H25NO/c1-11(2)15(4,5)10-16-9-13-8-12(3)6-7-14(13)17/h6-8,11,16-17H,9-10H2,1-5H3. The molecule has 0 atom stereocenters. The summed E-state index contributed by atoms with van der Waals surface area (Å²) in [5.74, 6) is 1.02. The number of nitrogens with one attached hydrogen (secondary N) is 1. The summed E-state index contributed by atoms with van der Waals surface area (Å²) in [5, 5.41) is 13.2. The first-order valence-electron chi connectivity index (χ1n) is 6.32. The van der Waals surface area contributed by atoms with E-state index in [1.54, 1.807) is 6.07 Å². The summed E-state index contributed by atoms with van der Waals surface area (Å²) in [6, 6.07) is 5.72. The number of hydrogen-bond donors (Lipinski definition) is 2. The van der Waals surface area contributed by atoms with E-state index < -0.39 is 0 Å². The van der Waals surface area contributed by atoms with Gasteiger partial charge >= 0.3 is 0 Å². The Morgan fingerprint density at radius 1 is 1.29 bits per heavy atom. The molecule has 0 amide bonds. The largest absolute Gasteiger partial charge is 0.508 e. The second kappa shape index (κ2) is 5.54. The molecule has 96 valence electrons. The van der Waals surface area contributed by atoms with E-state index in [1.807, 2.05) is 19.1 Å². The van der Waals surface area contributed by atoms with Crippen molar-refractivity contribution in [2.24, 2.45) is 11.3 Å². The molecule has 0 saturated carbocycles. The van der Waals surface area contributed by atoms with Crippen LogP contribution in [-0.4, -0.2) is 11.7 Å². The molecular weight excluding hydrogens is 210 g/mol. The topological polar surface area (TPSA) is 32.3 Å². The molecule has 0 aliphatic heterocycles. The van der Waals surface area contributed by atoms with Crippen LogP contribution in [0.1, 0.15) is 38.8 Å². The van der Waals surface area contributed by atoms with Crippen LogP contribution >= 0.6 is 0 Å². The monoisotopic (exact) mass is 235 g/mol. The van der Waals surface area contributed by atoms with Gasteiger partial charge in [-0.25, -0.2) is 0 Å². The van der Waals surface area contributed by atoms with Gasteiger partial charge in [0.1, 0.15) is 5.75 Å². The van der Waals surface area contributed by atoms with Gasteiger partial charge in [-0.15, -0.1) is 0 Å². The number of phenols is 1. The van der Waals surface area contributed by atoms with Crippen molar-refractivity contribution in [3.63, 3.8) is 0 Å². The fraction of sp³-hybridized carbons (Fsp3) is 0.600. The molecule has 0 bridgehead atoms. The minimum Gasteiger partial charge on any atom is -0.508 e. The molecule has 0 unspecified atom stereocenters. The van der Waals surface area contributed by atoms with Crippen LogP contribution in [0.15, 0.2) is 18.2 Å². The van der Waals surface area contributed by atoms with Crippen molar-refractivity contribution in [3.8, 4) is 5.75 Å². The predicted octanol–water partition coefficient (Wildman–Crippen LogP) is 3.47.